The van der Waals surface area contributed by atoms with Crippen molar-refractivity contribution in [1.29, 1.82) is 0 Å². The van der Waals surface area contributed by atoms with Crippen LogP contribution in [0.15, 0.2) is 6.07 Å². The lowest BCUT2D eigenvalue weighted by atomic mass is 9.87. The molecule has 0 radical (unpaired) electrons. The molecule has 1 aromatic rings. The Morgan fingerprint density at radius 3 is 2.69 bits per heavy atom. The number of aromatic nitrogens is 2. The lowest BCUT2D eigenvalue weighted by Crippen LogP contribution is -2.24. The van der Waals surface area contributed by atoms with Crippen LogP contribution >= 0.6 is 0 Å². The van der Waals surface area contributed by atoms with E-state index < -0.39 is 0 Å². The molecular weight excluding hydrogens is 198 g/mol. The molecule has 0 spiro atoms. The summed E-state index contributed by atoms with van der Waals surface area (Å²) in [5.74, 6) is 1.50. The molecular formula is C13H23N3. The van der Waals surface area contributed by atoms with Crippen molar-refractivity contribution < 1.29 is 0 Å². The van der Waals surface area contributed by atoms with Gasteiger partial charge in [-0.25, -0.2) is 0 Å². The molecule has 0 aromatic carbocycles. The maximum atomic E-state index is 5.93. The van der Waals surface area contributed by atoms with Crippen molar-refractivity contribution in [1.82, 2.24) is 9.78 Å². The predicted molar refractivity (Wildman–Crippen MR) is 66.2 cm³/mol. The molecule has 3 heteroatoms. The van der Waals surface area contributed by atoms with E-state index in [9.17, 15) is 0 Å². The van der Waals surface area contributed by atoms with E-state index in [1.165, 1.54) is 31.4 Å². The average Bonchev–Trinajstić information content (AvgIpc) is 2.85. The van der Waals surface area contributed by atoms with Crippen LogP contribution < -0.4 is 5.73 Å². The van der Waals surface area contributed by atoms with Crippen LogP contribution in [0, 0.1) is 18.8 Å². The van der Waals surface area contributed by atoms with Crippen LogP contribution in [0.4, 0.5) is 0 Å². The molecule has 1 aliphatic carbocycles. The highest BCUT2D eigenvalue weighted by Crippen LogP contribution is 2.32. The van der Waals surface area contributed by atoms with Gasteiger partial charge in [0.15, 0.2) is 0 Å². The van der Waals surface area contributed by atoms with Crippen molar-refractivity contribution in [3.8, 4) is 0 Å². The molecule has 2 rings (SSSR count). The zero-order chi connectivity index (χ0) is 11.5. The molecule has 0 saturated heterocycles. The number of aryl methyl sites for hydroxylation is 2. The van der Waals surface area contributed by atoms with Crippen LogP contribution in [0.2, 0.25) is 0 Å². The predicted octanol–water partition coefficient (Wildman–Crippen LogP) is 2.04. The van der Waals surface area contributed by atoms with Gasteiger partial charge < -0.3 is 5.73 Å². The summed E-state index contributed by atoms with van der Waals surface area (Å²) >= 11 is 0. The molecule has 1 heterocycles. The molecule has 1 unspecified atom stereocenters. The van der Waals surface area contributed by atoms with Gasteiger partial charge in [0.05, 0.1) is 5.69 Å². The molecule has 1 aliphatic rings. The maximum Gasteiger partial charge on any atom is 0.0596 e. The highest BCUT2D eigenvalue weighted by Gasteiger charge is 2.24. The first-order valence-electron chi connectivity index (χ1n) is 6.40. The van der Waals surface area contributed by atoms with Gasteiger partial charge in [0, 0.05) is 12.7 Å². The summed E-state index contributed by atoms with van der Waals surface area (Å²) in [6.07, 6.45) is 6.63. The molecule has 2 N–H and O–H groups in total. The van der Waals surface area contributed by atoms with Crippen molar-refractivity contribution in [3.63, 3.8) is 0 Å². The summed E-state index contributed by atoms with van der Waals surface area (Å²) < 4.78 is 2.01. The fourth-order valence-corrected chi connectivity index (χ4v) is 3.00. The van der Waals surface area contributed by atoms with Crippen LogP contribution in [0.3, 0.4) is 0 Å². The third kappa shape index (κ3) is 2.46. The molecule has 0 aliphatic heterocycles. The minimum atomic E-state index is 0.650. The fraction of sp³-hybridized carbons (Fsp3) is 0.769. The Balaban J connectivity index is 2.03. The van der Waals surface area contributed by atoms with E-state index in [0.717, 1.165) is 24.6 Å². The molecule has 16 heavy (non-hydrogen) atoms. The standard InChI is InChI=1S/C13H23N3/c1-10-7-13(16(2)15-10)8-12(9-14)11-5-3-4-6-11/h7,11-12H,3-6,8-9,14H2,1-2H3. The summed E-state index contributed by atoms with van der Waals surface area (Å²) in [5.41, 5.74) is 8.37. The minimum absolute atomic E-state index is 0.650. The van der Waals surface area contributed by atoms with Crippen LogP contribution in [0.5, 0.6) is 0 Å². The summed E-state index contributed by atoms with van der Waals surface area (Å²) in [6, 6.07) is 2.19. The zero-order valence-electron chi connectivity index (χ0n) is 10.4. The van der Waals surface area contributed by atoms with Gasteiger partial charge in [-0.2, -0.15) is 5.10 Å². The minimum Gasteiger partial charge on any atom is -0.330 e. The van der Waals surface area contributed by atoms with E-state index in [1.54, 1.807) is 0 Å². The van der Waals surface area contributed by atoms with Gasteiger partial charge in [0.1, 0.15) is 0 Å². The maximum absolute atomic E-state index is 5.93. The molecule has 1 saturated carbocycles. The molecule has 0 amide bonds. The smallest absolute Gasteiger partial charge is 0.0596 e. The largest absolute Gasteiger partial charge is 0.330 e. The lowest BCUT2D eigenvalue weighted by molar-refractivity contribution is 0.338. The second-order valence-electron chi connectivity index (χ2n) is 5.15. The third-order valence-corrected chi connectivity index (χ3v) is 3.94. The normalized spacial score (nSPS) is 19.2. The van der Waals surface area contributed by atoms with Crippen LogP contribution in [0.1, 0.15) is 37.1 Å². The lowest BCUT2D eigenvalue weighted by Gasteiger charge is -2.21. The van der Waals surface area contributed by atoms with Crippen LogP contribution in [-0.2, 0) is 13.5 Å². The van der Waals surface area contributed by atoms with E-state index in [4.69, 9.17) is 5.73 Å². The third-order valence-electron chi connectivity index (χ3n) is 3.94. The SMILES string of the molecule is Cc1cc(CC(CN)C2CCCC2)n(C)n1. The highest BCUT2D eigenvalue weighted by atomic mass is 15.3. The Morgan fingerprint density at radius 2 is 2.19 bits per heavy atom. The van der Waals surface area contributed by atoms with E-state index >= 15 is 0 Å². The van der Waals surface area contributed by atoms with Crippen molar-refractivity contribution in [3.05, 3.63) is 17.5 Å². The first kappa shape index (κ1) is 11.6. The van der Waals surface area contributed by atoms with Crippen molar-refractivity contribution in [2.75, 3.05) is 6.54 Å². The van der Waals surface area contributed by atoms with E-state index in [2.05, 4.69) is 18.1 Å². The average molecular weight is 221 g/mol. The number of hydrogen-bond donors (Lipinski definition) is 1. The molecule has 0 bridgehead atoms. The number of rotatable bonds is 4. The van der Waals surface area contributed by atoms with Gasteiger partial charge in [-0.05, 0) is 37.8 Å². The Labute approximate surface area is 98.0 Å². The van der Waals surface area contributed by atoms with Gasteiger partial charge in [0.25, 0.3) is 0 Å². The Morgan fingerprint density at radius 1 is 1.50 bits per heavy atom. The Hall–Kier alpha value is -0.830. The topological polar surface area (TPSA) is 43.8 Å². The van der Waals surface area contributed by atoms with Gasteiger partial charge in [-0.1, -0.05) is 25.7 Å². The van der Waals surface area contributed by atoms with Gasteiger partial charge in [-0.15, -0.1) is 0 Å². The fourth-order valence-electron chi connectivity index (χ4n) is 3.00. The highest BCUT2D eigenvalue weighted by molar-refractivity contribution is 5.09. The summed E-state index contributed by atoms with van der Waals surface area (Å²) in [6.45, 7) is 2.87. The molecule has 1 aromatic heterocycles. The number of nitrogens with two attached hydrogens (primary N) is 1. The van der Waals surface area contributed by atoms with Gasteiger partial charge in [0.2, 0.25) is 0 Å². The molecule has 3 nitrogen and oxygen atoms in total. The molecule has 1 atom stereocenters. The number of nitrogens with zero attached hydrogens (tertiary/aromatic N) is 2. The Bertz CT molecular complexity index is 337. The zero-order valence-corrected chi connectivity index (χ0v) is 10.4. The van der Waals surface area contributed by atoms with Gasteiger partial charge >= 0.3 is 0 Å². The van der Waals surface area contributed by atoms with Crippen LogP contribution in [-0.4, -0.2) is 16.3 Å². The number of hydrogen-bond acceptors (Lipinski definition) is 2. The van der Waals surface area contributed by atoms with E-state index in [1.807, 2.05) is 11.7 Å². The quantitative estimate of drug-likeness (QED) is 0.845. The second-order valence-corrected chi connectivity index (χ2v) is 5.15. The van der Waals surface area contributed by atoms with Crippen LogP contribution in [0.25, 0.3) is 0 Å². The van der Waals surface area contributed by atoms with Crippen molar-refractivity contribution >= 4 is 0 Å². The van der Waals surface area contributed by atoms with Crippen molar-refractivity contribution in [2.24, 2.45) is 24.6 Å². The van der Waals surface area contributed by atoms with E-state index in [-0.39, 0.29) is 0 Å². The summed E-state index contributed by atoms with van der Waals surface area (Å²) in [4.78, 5) is 0. The summed E-state index contributed by atoms with van der Waals surface area (Å²) in [7, 11) is 2.03. The monoisotopic (exact) mass is 221 g/mol. The molecule has 90 valence electrons. The van der Waals surface area contributed by atoms with Gasteiger partial charge in [-0.3, -0.25) is 4.68 Å². The summed E-state index contributed by atoms with van der Waals surface area (Å²) in [5, 5.41) is 4.40. The first-order valence-corrected chi connectivity index (χ1v) is 6.40. The van der Waals surface area contributed by atoms with E-state index in [0.29, 0.717) is 5.92 Å². The second kappa shape index (κ2) is 5.00. The van der Waals surface area contributed by atoms with Crippen molar-refractivity contribution in [2.45, 2.75) is 39.0 Å². The first-order chi connectivity index (χ1) is 7.70. The molecule has 1 fully saturated rings. The Kier molecular flexibility index (Phi) is 3.64.